The zero-order chi connectivity index (χ0) is 17.8. The van der Waals surface area contributed by atoms with Crippen LogP contribution in [0.5, 0.6) is 0 Å². The maximum Gasteiger partial charge on any atom is 0.288 e. The number of carbonyl (C=O) groups excluding carboxylic acids is 3. The fourth-order valence-corrected chi connectivity index (χ4v) is 3.17. The van der Waals surface area contributed by atoms with E-state index in [2.05, 4.69) is 15.5 Å². The molecule has 2 atom stereocenters. The van der Waals surface area contributed by atoms with Crippen LogP contribution in [-0.2, 0) is 27.3 Å². The first-order valence-electron chi connectivity index (χ1n) is 8.22. The van der Waals surface area contributed by atoms with Crippen molar-refractivity contribution in [2.75, 3.05) is 0 Å². The smallest absolute Gasteiger partial charge is 0.288 e. The summed E-state index contributed by atoms with van der Waals surface area (Å²) in [5.74, 6) is -1.54. The fourth-order valence-electron chi connectivity index (χ4n) is 3.17. The van der Waals surface area contributed by atoms with Crippen molar-refractivity contribution in [3.8, 4) is 0 Å². The number of carbonyl (C=O) groups is 3. The van der Waals surface area contributed by atoms with E-state index in [0.29, 0.717) is 25.1 Å². The first-order valence-corrected chi connectivity index (χ1v) is 8.22. The van der Waals surface area contributed by atoms with E-state index in [4.69, 9.17) is 4.52 Å². The Balaban J connectivity index is 1.63. The number of rotatable bonds is 6. The van der Waals surface area contributed by atoms with E-state index < -0.39 is 23.5 Å². The lowest BCUT2D eigenvalue weighted by Crippen LogP contribution is -2.37. The molecule has 3 rings (SSSR count). The molecule has 1 aromatic carbocycles. The number of aromatic nitrogens is 2. The molecule has 0 bridgehead atoms. The second kappa shape index (κ2) is 7.38. The molecule has 1 fully saturated rings. The van der Waals surface area contributed by atoms with Crippen molar-refractivity contribution in [3.05, 3.63) is 47.6 Å². The van der Waals surface area contributed by atoms with Gasteiger partial charge in [-0.25, -0.2) is 0 Å². The Hall–Kier alpha value is -2.83. The molecule has 7 nitrogen and oxygen atoms in total. The Bertz CT molecular complexity index is 785. The van der Waals surface area contributed by atoms with Crippen LogP contribution >= 0.6 is 0 Å². The molecule has 0 aliphatic heterocycles. The lowest BCUT2D eigenvalue weighted by molar-refractivity contribution is -0.141. The lowest BCUT2D eigenvalue weighted by Gasteiger charge is -2.16. The van der Waals surface area contributed by atoms with Crippen LogP contribution in [0.15, 0.2) is 34.9 Å². The van der Waals surface area contributed by atoms with Crippen LogP contribution in [0.4, 0.5) is 0 Å². The topological polar surface area (TPSA) is 102 Å². The molecule has 0 radical (unpaired) electrons. The molecule has 1 aromatic heterocycles. The number of ketones is 2. The average molecular weight is 341 g/mol. The van der Waals surface area contributed by atoms with E-state index >= 15 is 0 Å². The number of benzene rings is 1. The predicted molar refractivity (Wildman–Crippen MR) is 87.3 cm³/mol. The van der Waals surface area contributed by atoms with Crippen molar-refractivity contribution in [2.24, 2.45) is 11.8 Å². The molecule has 25 heavy (non-hydrogen) atoms. The molecule has 1 saturated carbocycles. The van der Waals surface area contributed by atoms with Crippen molar-refractivity contribution in [1.29, 1.82) is 0 Å². The second-order valence-corrected chi connectivity index (χ2v) is 6.19. The summed E-state index contributed by atoms with van der Waals surface area (Å²) in [5, 5.41) is 6.11. The molecule has 0 saturated heterocycles. The molecule has 1 amide bonds. The first kappa shape index (κ1) is 17.0. The minimum Gasteiger partial charge on any atom is -0.340 e. The number of nitrogens with zero attached hydrogens (tertiary/aromatic N) is 2. The van der Waals surface area contributed by atoms with Crippen LogP contribution in [0, 0.1) is 18.8 Å². The Labute approximate surface area is 144 Å². The molecule has 2 aromatic rings. The SMILES string of the molecule is Cc1noc(CNC(=O)C(=O)[C@H]2CCC(=O)C2Cc2ccccc2)n1. The summed E-state index contributed by atoms with van der Waals surface area (Å²) in [6.45, 7) is 1.66. The summed E-state index contributed by atoms with van der Waals surface area (Å²) < 4.78 is 4.90. The molecule has 1 aliphatic rings. The van der Waals surface area contributed by atoms with Gasteiger partial charge in [-0.05, 0) is 25.3 Å². The molecule has 1 unspecified atom stereocenters. The third kappa shape index (κ3) is 3.99. The maximum atomic E-state index is 12.5. The molecular weight excluding hydrogens is 322 g/mol. The zero-order valence-corrected chi connectivity index (χ0v) is 13.9. The van der Waals surface area contributed by atoms with Gasteiger partial charge in [0.2, 0.25) is 11.7 Å². The largest absolute Gasteiger partial charge is 0.340 e. The summed E-state index contributed by atoms with van der Waals surface area (Å²) in [6.07, 6.45) is 1.23. The van der Waals surface area contributed by atoms with Gasteiger partial charge in [0.1, 0.15) is 5.78 Å². The Morgan fingerprint density at radius 2 is 2.04 bits per heavy atom. The monoisotopic (exact) mass is 341 g/mol. The van der Waals surface area contributed by atoms with Gasteiger partial charge in [0.25, 0.3) is 5.91 Å². The van der Waals surface area contributed by atoms with Crippen LogP contribution < -0.4 is 5.32 Å². The maximum absolute atomic E-state index is 12.5. The van der Waals surface area contributed by atoms with E-state index in [1.807, 2.05) is 30.3 Å². The van der Waals surface area contributed by atoms with Crippen molar-refractivity contribution in [1.82, 2.24) is 15.5 Å². The highest BCUT2D eigenvalue weighted by Crippen LogP contribution is 2.32. The number of aryl methyl sites for hydroxylation is 1. The molecule has 7 heteroatoms. The van der Waals surface area contributed by atoms with Crippen molar-refractivity contribution < 1.29 is 18.9 Å². The Morgan fingerprint density at radius 1 is 1.28 bits per heavy atom. The Kier molecular flexibility index (Phi) is 5.02. The van der Waals surface area contributed by atoms with Gasteiger partial charge in [-0.15, -0.1) is 0 Å². The van der Waals surface area contributed by atoms with Gasteiger partial charge in [0, 0.05) is 18.3 Å². The van der Waals surface area contributed by atoms with Gasteiger partial charge in [-0.3, -0.25) is 14.4 Å². The quantitative estimate of drug-likeness (QED) is 0.797. The molecule has 1 N–H and O–H groups in total. The minimum absolute atomic E-state index is 0.00453. The second-order valence-electron chi connectivity index (χ2n) is 6.19. The van der Waals surface area contributed by atoms with Crippen molar-refractivity contribution >= 4 is 17.5 Å². The summed E-state index contributed by atoms with van der Waals surface area (Å²) in [6, 6.07) is 9.53. The number of Topliss-reactive ketones (excluding diaryl/α,β-unsaturated/α-hetero) is 2. The average Bonchev–Trinajstić information content (AvgIpc) is 3.19. The summed E-state index contributed by atoms with van der Waals surface area (Å²) in [7, 11) is 0. The number of amides is 1. The molecular formula is C18H19N3O4. The van der Waals surface area contributed by atoms with Gasteiger partial charge < -0.3 is 9.84 Å². The fraction of sp³-hybridized carbons (Fsp3) is 0.389. The van der Waals surface area contributed by atoms with Gasteiger partial charge >= 0.3 is 0 Å². The standard InChI is InChI=1S/C18H19N3O4/c1-11-20-16(25-21-11)10-19-18(24)17(23)13-7-8-15(22)14(13)9-12-5-3-2-4-6-12/h2-6,13-14H,7-10H2,1H3,(H,19,24)/t13-,14?/m0/s1. The van der Waals surface area contributed by atoms with Crippen molar-refractivity contribution in [2.45, 2.75) is 32.7 Å². The van der Waals surface area contributed by atoms with Crippen LogP contribution in [0.3, 0.4) is 0 Å². The predicted octanol–water partition coefficient (Wildman–Crippen LogP) is 1.40. The third-order valence-electron chi connectivity index (χ3n) is 4.43. The number of hydrogen-bond donors (Lipinski definition) is 1. The van der Waals surface area contributed by atoms with E-state index in [-0.39, 0.29) is 18.2 Å². The molecule has 1 heterocycles. The highest BCUT2D eigenvalue weighted by atomic mass is 16.5. The van der Waals surface area contributed by atoms with E-state index in [1.165, 1.54) is 0 Å². The summed E-state index contributed by atoms with van der Waals surface area (Å²) in [4.78, 5) is 40.8. The normalized spacial score (nSPS) is 19.8. The van der Waals surface area contributed by atoms with Gasteiger partial charge in [0.05, 0.1) is 6.54 Å². The number of nitrogens with one attached hydrogen (secondary N) is 1. The van der Waals surface area contributed by atoms with E-state index in [1.54, 1.807) is 6.92 Å². The van der Waals surface area contributed by atoms with Crippen molar-refractivity contribution in [3.63, 3.8) is 0 Å². The zero-order valence-electron chi connectivity index (χ0n) is 13.9. The molecule has 130 valence electrons. The minimum atomic E-state index is -0.714. The summed E-state index contributed by atoms with van der Waals surface area (Å²) in [5.41, 5.74) is 0.988. The van der Waals surface area contributed by atoms with Gasteiger partial charge in [-0.2, -0.15) is 4.98 Å². The highest BCUT2D eigenvalue weighted by molar-refractivity contribution is 6.37. The van der Waals surface area contributed by atoms with Gasteiger partial charge in [0.15, 0.2) is 5.82 Å². The van der Waals surface area contributed by atoms with E-state index in [0.717, 1.165) is 5.56 Å². The van der Waals surface area contributed by atoms with E-state index in [9.17, 15) is 14.4 Å². The number of hydrogen-bond acceptors (Lipinski definition) is 6. The van der Waals surface area contributed by atoms with Crippen LogP contribution in [-0.4, -0.2) is 27.6 Å². The lowest BCUT2D eigenvalue weighted by atomic mass is 9.86. The Morgan fingerprint density at radius 3 is 2.72 bits per heavy atom. The molecule has 1 aliphatic carbocycles. The highest BCUT2D eigenvalue weighted by Gasteiger charge is 2.41. The third-order valence-corrected chi connectivity index (χ3v) is 4.43. The molecule has 0 spiro atoms. The van der Waals surface area contributed by atoms with Crippen LogP contribution in [0.2, 0.25) is 0 Å². The van der Waals surface area contributed by atoms with Gasteiger partial charge in [-0.1, -0.05) is 35.5 Å². The van der Waals surface area contributed by atoms with Crippen LogP contribution in [0.1, 0.15) is 30.1 Å². The van der Waals surface area contributed by atoms with Crippen LogP contribution in [0.25, 0.3) is 0 Å². The first-order chi connectivity index (χ1) is 12.0. The summed E-state index contributed by atoms with van der Waals surface area (Å²) >= 11 is 0.